The molecule has 234 valence electrons. The maximum absolute atomic E-state index is 14.1. The molecule has 9 heteroatoms. The van der Waals surface area contributed by atoms with Gasteiger partial charge in [0.25, 0.3) is 11.8 Å². The minimum absolute atomic E-state index is 0.260. The number of carbonyl (C=O) groups excluding carboxylic acids is 2. The van der Waals surface area contributed by atoms with Crippen LogP contribution in [0.15, 0.2) is 108 Å². The number of nitrogens with zero attached hydrogens (tertiary/aromatic N) is 2. The zero-order chi connectivity index (χ0) is 32.5. The van der Waals surface area contributed by atoms with Crippen LogP contribution < -0.4 is 15.4 Å². The molecule has 2 amide bonds. The second kappa shape index (κ2) is 12.2. The van der Waals surface area contributed by atoms with Crippen molar-refractivity contribution in [2.75, 3.05) is 7.05 Å². The van der Waals surface area contributed by atoms with E-state index in [4.69, 9.17) is 9.15 Å². The number of carbonyl (C=O) groups is 2. The number of nitrogens with one attached hydrogen (secondary N) is 2. The van der Waals surface area contributed by atoms with Crippen LogP contribution in [0.3, 0.4) is 0 Å². The fourth-order valence-electron chi connectivity index (χ4n) is 5.85. The highest BCUT2D eigenvalue weighted by atomic mass is 19.1. The van der Waals surface area contributed by atoms with Gasteiger partial charge in [-0.2, -0.15) is 0 Å². The lowest BCUT2D eigenvalue weighted by Crippen LogP contribution is -2.35. The van der Waals surface area contributed by atoms with E-state index in [1.54, 1.807) is 43.8 Å². The van der Waals surface area contributed by atoms with E-state index >= 15 is 0 Å². The molecule has 2 N–H and O–H groups in total. The highest BCUT2D eigenvalue weighted by molar-refractivity contribution is 6.12. The highest BCUT2D eigenvalue weighted by Gasteiger charge is 2.47. The van der Waals surface area contributed by atoms with Crippen LogP contribution in [0.2, 0.25) is 0 Å². The fraction of sp³-hybridized carbons (Fsp3) is 0.158. The van der Waals surface area contributed by atoms with Gasteiger partial charge in [-0.1, -0.05) is 12.1 Å². The van der Waals surface area contributed by atoms with Gasteiger partial charge in [-0.05, 0) is 115 Å². The van der Waals surface area contributed by atoms with Gasteiger partial charge in [0.2, 0.25) is 0 Å². The number of furan rings is 1. The van der Waals surface area contributed by atoms with E-state index in [2.05, 4.69) is 20.6 Å². The molecule has 1 aliphatic carbocycles. The first-order chi connectivity index (χ1) is 22.8. The van der Waals surface area contributed by atoms with Gasteiger partial charge < -0.3 is 19.8 Å². The van der Waals surface area contributed by atoms with Crippen LogP contribution in [0.5, 0.6) is 5.75 Å². The molecule has 0 atom stereocenters. The largest absolute Gasteiger partial charge is 0.488 e. The summed E-state index contributed by atoms with van der Waals surface area (Å²) in [6, 6.07) is 24.5. The van der Waals surface area contributed by atoms with E-state index in [-0.39, 0.29) is 24.2 Å². The first-order valence-electron chi connectivity index (χ1n) is 15.3. The third kappa shape index (κ3) is 5.83. The Morgan fingerprint density at radius 1 is 0.915 bits per heavy atom. The SMILES string of the molecule is CNC(=O)c1c(-c2ccc(F)cc2)oc2ccc(-c3cc(C(=O)NC4(c5ccccn5)CC4)c(OCc4ccncc4)cc3C)cc12. The predicted octanol–water partition coefficient (Wildman–Crippen LogP) is 7.36. The third-order valence-electron chi connectivity index (χ3n) is 8.53. The number of fused-ring (bicyclic) bond motifs is 1. The molecular formula is C38H31FN4O4. The van der Waals surface area contributed by atoms with Crippen molar-refractivity contribution < 1.29 is 23.1 Å². The van der Waals surface area contributed by atoms with E-state index in [0.29, 0.717) is 39.2 Å². The molecule has 0 radical (unpaired) electrons. The number of aromatic nitrogens is 2. The van der Waals surface area contributed by atoms with Crippen molar-refractivity contribution in [2.45, 2.75) is 31.9 Å². The summed E-state index contributed by atoms with van der Waals surface area (Å²) in [6.45, 7) is 2.21. The molecule has 7 rings (SSSR count). The maximum atomic E-state index is 14.1. The smallest absolute Gasteiger partial charge is 0.255 e. The Bertz CT molecular complexity index is 2110. The summed E-state index contributed by atoms with van der Waals surface area (Å²) < 4.78 is 26.1. The molecule has 0 bridgehead atoms. The quantitative estimate of drug-likeness (QED) is 0.174. The van der Waals surface area contributed by atoms with Gasteiger partial charge in [0.15, 0.2) is 0 Å². The average Bonchev–Trinajstić information content (AvgIpc) is 3.79. The van der Waals surface area contributed by atoms with Crippen LogP contribution in [0, 0.1) is 12.7 Å². The van der Waals surface area contributed by atoms with E-state index in [1.165, 1.54) is 12.1 Å². The summed E-state index contributed by atoms with van der Waals surface area (Å²) in [4.78, 5) is 35.8. The number of aryl methyl sites for hydroxylation is 1. The summed E-state index contributed by atoms with van der Waals surface area (Å²) in [6.07, 6.45) is 6.71. The number of ether oxygens (including phenoxy) is 1. The predicted molar refractivity (Wildman–Crippen MR) is 176 cm³/mol. The number of rotatable bonds is 9. The second-order valence-electron chi connectivity index (χ2n) is 11.7. The monoisotopic (exact) mass is 626 g/mol. The summed E-state index contributed by atoms with van der Waals surface area (Å²) in [5, 5.41) is 6.53. The molecule has 0 aliphatic heterocycles. The molecule has 1 fully saturated rings. The van der Waals surface area contributed by atoms with Crippen LogP contribution in [0.1, 0.15) is 50.4 Å². The Morgan fingerprint density at radius 3 is 2.38 bits per heavy atom. The van der Waals surface area contributed by atoms with Crippen LogP contribution in [-0.4, -0.2) is 28.8 Å². The summed E-state index contributed by atoms with van der Waals surface area (Å²) in [7, 11) is 1.55. The Balaban J connectivity index is 1.31. The molecule has 3 heterocycles. The third-order valence-corrected chi connectivity index (χ3v) is 8.53. The van der Waals surface area contributed by atoms with Crippen molar-refractivity contribution >= 4 is 22.8 Å². The summed E-state index contributed by atoms with van der Waals surface area (Å²) >= 11 is 0. The molecule has 47 heavy (non-hydrogen) atoms. The zero-order valence-electron chi connectivity index (χ0n) is 25.8. The Kier molecular flexibility index (Phi) is 7.73. The molecule has 0 saturated heterocycles. The normalized spacial score (nSPS) is 13.3. The standard InChI is InChI=1S/C38H31FN4O4/c1-23-19-32(46-22-24-12-17-41-18-13-24)30(36(44)43-38(14-15-38)33-5-3-4-16-42-33)21-28(23)26-8-11-31-29(20-26)34(37(45)40-2)35(47-31)25-6-9-27(39)10-7-25/h3-13,16-21H,14-15,22H2,1-2H3,(H,40,45)(H,43,44). The van der Waals surface area contributed by atoms with Gasteiger partial charge >= 0.3 is 0 Å². The number of halogens is 1. The molecular weight excluding hydrogens is 595 g/mol. The van der Waals surface area contributed by atoms with Crippen molar-refractivity contribution in [1.29, 1.82) is 0 Å². The van der Waals surface area contributed by atoms with Crippen LogP contribution in [-0.2, 0) is 12.1 Å². The number of hydrogen-bond donors (Lipinski definition) is 2. The molecule has 1 saturated carbocycles. The van der Waals surface area contributed by atoms with Gasteiger partial charge in [-0.3, -0.25) is 19.6 Å². The molecule has 3 aromatic heterocycles. The van der Waals surface area contributed by atoms with Gasteiger partial charge in [0.05, 0.1) is 22.4 Å². The Labute approximate surface area is 270 Å². The minimum Gasteiger partial charge on any atom is -0.488 e. The van der Waals surface area contributed by atoms with Gasteiger partial charge in [0, 0.05) is 36.6 Å². The van der Waals surface area contributed by atoms with Crippen molar-refractivity contribution in [1.82, 2.24) is 20.6 Å². The van der Waals surface area contributed by atoms with E-state index in [9.17, 15) is 14.0 Å². The number of benzene rings is 3. The van der Waals surface area contributed by atoms with Gasteiger partial charge in [0.1, 0.15) is 29.5 Å². The molecule has 8 nitrogen and oxygen atoms in total. The van der Waals surface area contributed by atoms with E-state index in [0.717, 1.165) is 40.8 Å². The van der Waals surface area contributed by atoms with Crippen molar-refractivity contribution in [2.24, 2.45) is 0 Å². The van der Waals surface area contributed by atoms with Crippen molar-refractivity contribution in [3.05, 3.63) is 137 Å². The molecule has 0 spiro atoms. The molecule has 1 aliphatic rings. The van der Waals surface area contributed by atoms with Crippen LogP contribution in [0.4, 0.5) is 4.39 Å². The van der Waals surface area contributed by atoms with Gasteiger partial charge in [-0.25, -0.2) is 4.39 Å². The second-order valence-corrected chi connectivity index (χ2v) is 11.7. The Morgan fingerprint density at radius 2 is 1.68 bits per heavy atom. The van der Waals surface area contributed by atoms with Crippen molar-refractivity contribution in [3.8, 4) is 28.2 Å². The lowest BCUT2D eigenvalue weighted by Gasteiger charge is -2.20. The summed E-state index contributed by atoms with van der Waals surface area (Å²) in [5.74, 6) is -0.192. The fourth-order valence-corrected chi connectivity index (χ4v) is 5.85. The lowest BCUT2D eigenvalue weighted by atomic mass is 9.94. The van der Waals surface area contributed by atoms with Crippen molar-refractivity contribution in [3.63, 3.8) is 0 Å². The minimum atomic E-state index is -0.527. The first kappa shape index (κ1) is 29.9. The Hall–Kier alpha value is -5.83. The van der Waals surface area contributed by atoms with Crippen LogP contribution in [0.25, 0.3) is 33.4 Å². The molecule has 0 unspecified atom stereocenters. The number of hydrogen-bond acceptors (Lipinski definition) is 6. The van der Waals surface area contributed by atoms with Crippen LogP contribution >= 0.6 is 0 Å². The van der Waals surface area contributed by atoms with E-state index < -0.39 is 5.54 Å². The lowest BCUT2D eigenvalue weighted by molar-refractivity contribution is 0.0923. The average molecular weight is 627 g/mol. The summed E-state index contributed by atoms with van der Waals surface area (Å²) in [5.41, 5.74) is 5.48. The number of amides is 2. The number of pyridine rings is 2. The first-order valence-corrected chi connectivity index (χ1v) is 15.3. The van der Waals surface area contributed by atoms with Gasteiger partial charge in [-0.15, -0.1) is 0 Å². The molecule has 6 aromatic rings. The zero-order valence-corrected chi connectivity index (χ0v) is 25.8. The topological polar surface area (TPSA) is 106 Å². The maximum Gasteiger partial charge on any atom is 0.255 e. The highest BCUT2D eigenvalue weighted by Crippen LogP contribution is 2.45. The molecule has 3 aromatic carbocycles. The van der Waals surface area contributed by atoms with E-state index in [1.807, 2.05) is 61.5 Å².